The summed E-state index contributed by atoms with van der Waals surface area (Å²) in [5.41, 5.74) is 2.62. The molecule has 158 valence electrons. The summed E-state index contributed by atoms with van der Waals surface area (Å²) < 4.78 is 25.7. The third-order valence-corrected chi connectivity index (χ3v) is 6.66. The van der Waals surface area contributed by atoms with E-state index in [1.54, 1.807) is 54.7 Å². The van der Waals surface area contributed by atoms with E-state index in [0.29, 0.717) is 26.9 Å². The Labute approximate surface area is 188 Å². The minimum Gasteiger partial charge on any atom is -0.366 e. The minimum atomic E-state index is -3.91. The molecule has 0 radical (unpaired) electrons. The fourth-order valence-electron chi connectivity index (χ4n) is 3.04. The first-order chi connectivity index (χ1) is 14.8. The van der Waals surface area contributed by atoms with Gasteiger partial charge in [-0.05, 0) is 35.4 Å². The lowest BCUT2D eigenvalue weighted by molar-refractivity contribution is -0.113. The van der Waals surface area contributed by atoms with E-state index < -0.39 is 21.5 Å². The van der Waals surface area contributed by atoms with Gasteiger partial charge in [0.15, 0.2) is 9.84 Å². The lowest BCUT2D eigenvalue weighted by atomic mass is 10.1. The molecule has 4 aromatic rings. The Morgan fingerprint density at radius 2 is 1.55 bits per heavy atom. The molecule has 0 spiro atoms. The first kappa shape index (κ1) is 21.2. The number of aromatic nitrogens is 3. The molecule has 0 unspecified atom stereocenters. The van der Waals surface area contributed by atoms with Gasteiger partial charge in [0.1, 0.15) is 5.75 Å². The van der Waals surface area contributed by atoms with Crippen LogP contribution in [0, 0.1) is 0 Å². The van der Waals surface area contributed by atoms with Crippen LogP contribution in [0.25, 0.3) is 22.4 Å². The lowest BCUT2D eigenvalue weighted by Crippen LogP contribution is -2.23. The number of amides is 1. The number of sulfone groups is 1. The summed E-state index contributed by atoms with van der Waals surface area (Å²) in [6.07, 6.45) is 4.47. The number of halogens is 2. The van der Waals surface area contributed by atoms with E-state index in [4.69, 9.17) is 23.2 Å². The number of anilines is 1. The highest BCUT2D eigenvalue weighted by molar-refractivity contribution is 7.92. The monoisotopic (exact) mass is 474 g/mol. The van der Waals surface area contributed by atoms with Crippen molar-refractivity contribution in [3.8, 4) is 22.4 Å². The molecule has 2 heterocycles. The summed E-state index contributed by atoms with van der Waals surface area (Å²) in [5, 5.41) is 3.63. The molecular formula is C21H16Cl2N4O3S. The Kier molecular flexibility index (Phi) is 5.86. The summed E-state index contributed by atoms with van der Waals surface area (Å²) in [7, 11) is -3.91. The molecule has 7 nitrogen and oxygen atoms in total. The van der Waals surface area contributed by atoms with Crippen molar-refractivity contribution in [3.63, 3.8) is 0 Å². The standard InChI is InChI=1S/C21H16Cl2N4O3S/c22-15-5-1-13(2-6-15)17-9-24-11-19(17)31(29,30)12-20(28)27-21-25-10-18(26-21)14-3-7-16(23)8-4-14/h1-11,24H,12H2,(H2,25,26,27,28). The number of benzene rings is 2. The number of carbonyl (C=O) groups is 1. The first-order valence-electron chi connectivity index (χ1n) is 9.08. The second-order valence-corrected chi connectivity index (χ2v) is 9.53. The van der Waals surface area contributed by atoms with Crippen molar-refractivity contribution >= 4 is 44.9 Å². The number of rotatable bonds is 6. The van der Waals surface area contributed by atoms with Crippen molar-refractivity contribution in [1.29, 1.82) is 0 Å². The number of nitrogens with zero attached hydrogens (tertiary/aromatic N) is 1. The second kappa shape index (κ2) is 8.58. The van der Waals surface area contributed by atoms with Crippen molar-refractivity contribution in [3.05, 3.63) is 77.2 Å². The van der Waals surface area contributed by atoms with Gasteiger partial charge in [0, 0.05) is 28.0 Å². The zero-order valence-corrected chi connectivity index (χ0v) is 18.2. The van der Waals surface area contributed by atoms with Crippen LogP contribution in [0.1, 0.15) is 0 Å². The minimum absolute atomic E-state index is 0.0336. The molecule has 0 saturated heterocycles. The normalized spacial score (nSPS) is 11.4. The van der Waals surface area contributed by atoms with E-state index in [-0.39, 0.29) is 10.8 Å². The summed E-state index contributed by atoms with van der Waals surface area (Å²) >= 11 is 11.8. The molecule has 4 rings (SSSR count). The van der Waals surface area contributed by atoms with Crippen LogP contribution in [0.4, 0.5) is 5.95 Å². The van der Waals surface area contributed by atoms with Crippen LogP contribution in [-0.4, -0.2) is 35.0 Å². The highest BCUT2D eigenvalue weighted by Gasteiger charge is 2.24. The summed E-state index contributed by atoms with van der Waals surface area (Å²) in [5.74, 6) is -1.29. The maximum atomic E-state index is 12.9. The predicted octanol–water partition coefficient (Wildman–Crippen LogP) is 4.79. The van der Waals surface area contributed by atoms with Gasteiger partial charge in [0.2, 0.25) is 11.9 Å². The number of H-pyrrole nitrogens is 2. The van der Waals surface area contributed by atoms with Crippen LogP contribution in [0.2, 0.25) is 10.0 Å². The molecule has 0 fully saturated rings. The van der Waals surface area contributed by atoms with Gasteiger partial charge in [0.25, 0.3) is 0 Å². The van der Waals surface area contributed by atoms with E-state index in [2.05, 4.69) is 20.3 Å². The van der Waals surface area contributed by atoms with Crippen molar-refractivity contribution in [2.24, 2.45) is 0 Å². The highest BCUT2D eigenvalue weighted by atomic mass is 35.5. The van der Waals surface area contributed by atoms with Crippen molar-refractivity contribution in [1.82, 2.24) is 15.0 Å². The molecule has 1 amide bonds. The number of carbonyl (C=O) groups excluding carboxylic acids is 1. The van der Waals surface area contributed by atoms with Crippen LogP contribution in [0.5, 0.6) is 0 Å². The van der Waals surface area contributed by atoms with Crippen molar-refractivity contribution in [2.45, 2.75) is 4.90 Å². The van der Waals surface area contributed by atoms with E-state index in [1.807, 2.05) is 0 Å². The molecule has 31 heavy (non-hydrogen) atoms. The molecule has 2 aromatic carbocycles. The van der Waals surface area contributed by atoms with Crippen LogP contribution < -0.4 is 5.32 Å². The third kappa shape index (κ3) is 4.82. The van der Waals surface area contributed by atoms with Crippen LogP contribution in [-0.2, 0) is 14.6 Å². The van der Waals surface area contributed by atoms with Crippen LogP contribution >= 0.6 is 23.2 Å². The zero-order valence-electron chi connectivity index (χ0n) is 15.9. The summed E-state index contributed by atoms with van der Waals surface area (Å²) in [4.78, 5) is 22.3. The van der Waals surface area contributed by atoms with Gasteiger partial charge in [-0.3, -0.25) is 10.1 Å². The molecule has 2 aromatic heterocycles. The fourth-order valence-corrected chi connectivity index (χ4v) is 4.63. The van der Waals surface area contributed by atoms with Gasteiger partial charge in [-0.2, -0.15) is 0 Å². The lowest BCUT2D eigenvalue weighted by Gasteiger charge is -2.07. The van der Waals surface area contributed by atoms with E-state index in [1.165, 1.54) is 12.4 Å². The largest absolute Gasteiger partial charge is 0.366 e. The maximum Gasteiger partial charge on any atom is 0.242 e. The Balaban J connectivity index is 1.48. The highest BCUT2D eigenvalue weighted by Crippen LogP contribution is 2.29. The molecule has 0 saturated carbocycles. The quantitative estimate of drug-likeness (QED) is 0.373. The van der Waals surface area contributed by atoms with Gasteiger partial charge < -0.3 is 9.97 Å². The number of nitrogens with one attached hydrogen (secondary N) is 3. The predicted molar refractivity (Wildman–Crippen MR) is 121 cm³/mol. The van der Waals surface area contributed by atoms with E-state index in [0.717, 1.165) is 5.56 Å². The molecule has 10 heteroatoms. The topological polar surface area (TPSA) is 108 Å². The van der Waals surface area contributed by atoms with Crippen molar-refractivity contribution in [2.75, 3.05) is 11.1 Å². The van der Waals surface area contributed by atoms with Crippen LogP contribution in [0.15, 0.2) is 72.0 Å². The first-order valence-corrected chi connectivity index (χ1v) is 11.5. The van der Waals surface area contributed by atoms with Gasteiger partial charge in [-0.1, -0.05) is 47.5 Å². The zero-order chi connectivity index (χ0) is 22.0. The molecular weight excluding hydrogens is 459 g/mol. The van der Waals surface area contributed by atoms with Gasteiger partial charge >= 0.3 is 0 Å². The third-order valence-electron chi connectivity index (χ3n) is 4.51. The Hall–Kier alpha value is -3.07. The molecule has 0 atom stereocenters. The Bertz CT molecular complexity index is 1330. The second-order valence-electron chi connectivity index (χ2n) is 6.70. The fraction of sp³-hybridized carbons (Fsp3) is 0.0476. The summed E-state index contributed by atoms with van der Waals surface area (Å²) in [6.45, 7) is 0. The molecule has 0 aliphatic carbocycles. The van der Waals surface area contributed by atoms with Gasteiger partial charge in [-0.15, -0.1) is 0 Å². The molecule has 3 N–H and O–H groups in total. The average Bonchev–Trinajstić information content (AvgIpc) is 3.39. The van der Waals surface area contributed by atoms with Gasteiger partial charge in [-0.25, -0.2) is 13.4 Å². The number of hydrogen-bond donors (Lipinski definition) is 3. The maximum absolute atomic E-state index is 12.9. The Morgan fingerprint density at radius 3 is 2.19 bits per heavy atom. The molecule has 0 bridgehead atoms. The van der Waals surface area contributed by atoms with Crippen LogP contribution in [0.3, 0.4) is 0 Å². The molecule has 0 aliphatic rings. The SMILES string of the molecule is O=C(CS(=O)(=O)c1c[nH]cc1-c1ccc(Cl)cc1)Nc1ncc(-c2ccc(Cl)cc2)[nH]1. The van der Waals surface area contributed by atoms with Crippen molar-refractivity contribution < 1.29 is 13.2 Å². The number of hydrogen-bond acceptors (Lipinski definition) is 4. The molecule has 0 aliphatic heterocycles. The van der Waals surface area contributed by atoms with Gasteiger partial charge in [0.05, 0.1) is 16.8 Å². The average molecular weight is 475 g/mol. The number of imidazole rings is 1. The number of aromatic amines is 2. The Morgan fingerprint density at radius 1 is 0.935 bits per heavy atom. The smallest absolute Gasteiger partial charge is 0.242 e. The van der Waals surface area contributed by atoms with E-state index >= 15 is 0 Å². The van der Waals surface area contributed by atoms with E-state index in [9.17, 15) is 13.2 Å². The summed E-state index contributed by atoms with van der Waals surface area (Å²) in [6, 6.07) is 13.8.